The third kappa shape index (κ3) is 4.27. The van der Waals surface area contributed by atoms with Crippen molar-refractivity contribution in [3.05, 3.63) is 18.2 Å². The van der Waals surface area contributed by atoms with Crippen molar-refractivity contribution in [2.45, 2.75) is 19.9 Å². The van der Waals surface area contributed by atoms with Gasteiger partial charge in [-0.2, -0.15) is 0 Å². The standard InChI is InChI=1S/C12H21N5O2/c1-4-6-17(8-10-14-5-7-15(10)2)11(18)9-16(3)12(13)19/h5,7H,4,6,8-9H2,1-3H3,(H2,13,19). The summed E-state index contributed by atoms with van der Waals surface area (Å²) in [5.74, 6) is 0.676. The molecule has 2 N–H and O–H groups in total. The van der Waals surface area contributed by atoms with Gasteiger partial charge in [0.1, 0.15) is 12.4 Å². The second-order valence-corrected chi connectivity index (χ2v) is 4.46. The van der Waals surface area contributed by atoms with Crippen LogP contribution in [0.5, 0.6) is 0 Å². The lowest BCUT2D eigenvalue weighted by Gasteiger charge is -2.24. The maximum absolute atomic E-state index is 12.1. The zero-order chi connectivity index (χ0) is 14.4. The highest BCUT2D eigenvalue weighted by atomic mass is 16.2. The quantitative estimate of drug-likeness (QED) is 0.797. The summed E-state index contributed by atoms with van der Waals surface area (Å²) >= 11 is 0. The van der Waals surface area contributed by atoms with Gasteiger partial charge in [0.2, 0.25) is 5.91 Å². The molecule has 0 saturated heterocycles. The summed E-state index contributed by atoms with van der Waals surface area (Å²) in [6.07, 6.45) is 4.37. The summed E-state index contributed by atoms with van der Waals surface area (Å²) < 4.78 is 1.87. The smallest absolute Gasteiger partial charge is 0.314 e. The number of carbonyl (C=O) groups is 2. The van der Waals surface area contributed by atoms with E-state index in [0.29, 0.717) is 13.1 Å². The number of likely N-dealkylation sites (N-methyl/N-ethyl adjacent to an activating group) is 1. The number of primary amides is 1. The SMILES string of the molecule is CCCN(Cc1nccn1C)C(=O)CN(C)C(N)=O. The van der Waals surface area contributed by atoms with Crippen LogP contribution in [0.4, 0.5) is 4.79 Å². The first kappa shape index (κ1) is 15.0. The van der Waals surface area contributed by atoms with Crippen LogP contribution < -0.4 is 5.73 Å². The molecule has 0 bridgehead atoms. The van der Waals surface area contributed by atoms with Crippen molar-refractivity contribution in [1.82, 2.24) is 19.4 Å². The maximum Gasteiger partial charge on any atom is 0.314 e. The van der Waals surface area contributed by atoms with Crippen molar-refractivity contribution in [3.63, 3.8) is 0 Å². The number of aromatic nitrogens is 2. The van der Waals surface area contributed by atoms with Crippen LogP contribution in [0.15, 0.2) is 12.4 Å². The van der Waals surface area contributed by atoms with E-state index in [2.05, 4.69) is 4.98 Å². The lowest BCUT2D eigenvalue weighted by atomic mass is 10.3. The van der Waals surface area contributed by atoms with E-state index < -0.39 is 6.03 Å². The Bertz CT molecular complexity index is 443. The van der Waals surface area contributed by atoms with Crippen LogP contribution >= 0.6 is 0 Å². The average molecular weight is 267 g/mol. The molecule has 1 rings (SSSR count). The average Bonchev–Trinajstić information content (AvgIpc) is 2.74. The Balaban J connectivity index is 2.69. The molecule has 1 aromatic heterocycles. The minimum atomic E-state index is -0.609. The number of hydrogen-bond acceptors (Lipinski definition) is 3. The highest BCUT2D eigenvalue weighted by Crippen LogP contribution is 2.04. The molecule has 0 radical (unpaired) electrons. The minimum absolute atomic E-state index is 0.0141. The van der Waals surface area contributed by atoms with Crippen molar-refractivity contribution in [2.24, 2.45) is 12.8 Å². The number of hydrogen-bond donors (Lipinski definition) is 1. The van der Waals surface area contributed by atoms with Gasteiger partial charge < -0.3 is 20.1 Å². The Morgan fingerprint density at radius 1 is 1.47 bits per heavy atom. The van der Waals surface area contributed by atoms with Gasteiger partial charge in [-0.15, -0.1) is 0 Å². The first-order chi connectivity index (χ1) is 8.95. The monoisotopic (exact) mass is 267 g/mol. The van der Waals surface area contributed by atoms with E-state index in [0.717, 1.165) is 12.2 Å². The molecule has 19 heavy (non-hydrogen) atoms. The lowest BCUT2D eigenvalue weighted by molar-refractivity contribution is -0.132. The van der Waals surface area contributed by atoms with Crippen LogP contribution in [0.2, 0.25) is 0 Å². The molecule has 7 nitrogen and oxygen atoms in total. The topological polar surface area (TPSA) is 84.5 Å². The summed E-state index contributed by atoms with van der Waals surface area (Å²) in [7, 11) is 3.39. The molecule has 0 saturated carbocycles. The van der Waals surface area contributed by atoms with Gasteiger partial charge in [-0.05, 0) is 6.42 Å². The van der Waals surface area contributed by atoms with E-state index in [9.17, 15) is 9.59 Å². The van der Waals surface area contributed by atoms with E-state index in [1.807, 2.05) is 24.7 Å². The number of rotatable bonds is 6. The fourth-order valence-electron chi connectivity index (χ4n) is 1.66. The molecule has 0 aromatic carbocycles. The first-order valence-electron chi connectivity index (χ1n) is 6.20. The van der Waals surface area contributed by atoms with Crippen LogP contribution in [0.1, 0.15) is 19.2 Å². The Morgan fingerprint density at radius 2 is 2.16 bits per heavy atom. The van der Waals surface area contributed by atoms with E-state index in [4.69, 9.17) is 5.73 Å². The summed E-state index contributed by atoms with van der Waals surface area (Å²) in [5, 5.41) is 0. The Hall–Kier alpha value is -2.05. The second kappa shape index (κ2) is 6.77. The molecular formula is C12H21N5O2. The van der Waals surface area contributed by atoms with Crippen LogP contribution in [0.3, 0.4) is 0 Å². The zero-order valence-corrected chi connectivity index (χ0v) is 11.7. The molecule has 106 valence electrons. The van der Waals surface area contributed by atoms with Gasteiger partial charge in [0.25, 0.3) is 0 Å². The Morgan fingerprint density at radius 3 is 2.63 bits per heavy atom. The molecule has 0 unspecified atom stereocenters. The number of imidazole rings is 1. The van der Waals surface area contributed by atoms with E-state index in [-0.39, 0.29) is 12.5 Å². The summed E-state index contributed by atoms with van der Waals surface area (Å²) in [6, 6.07) is -0.609. The van der Waals surface area contributed by atoms with E-state index >= 15 is 0 Å². The third-order valence-electron chi connectivity index (χ3n) is 2.85. The molecule has 0 aliphatic heterocycles. The van der Waals surface area contributed by atoms with Crippen LogP contribution in [0.25, 0.3) is 0 Å². The van der Waals surface area contributed by atoms with Crippen molar-refractivity contribution in [3.8, 4) is 0 Å². The highest BCUT2D eigenvalue weighted by molar-refractivity contribution is 5.83. The molecule has 0 atom stereocenters. The number of carbonyl (C=O) groups excluding carboxylic acids is 2. The molecular weight excluding hydrogens is 246 g/mol. The van der Waals surface area contributed by atoms with Gasteiger partial charge >= 0.3 is 6.03 Å². The minimum Gasteiger partial charge on any atom is -0.351 e. The van der Waals surface area contributed by atoms with Crippen molar-refractivity contribution >= 4 is 11.9 Å². The van der Waals surface area contributed by atoms with Crippen molar-refractivity contribution in [1.29, 1.82) is 0 Å². The molecule has 0 spiro atoms. The molecule has 0 aliphatic carbocycles. The molecule has 3 amide bonds. The number of nitrogens with two attached hydrogens (primary N) is 1. The van der Waals surface area contributed by atoms with Gasteiger partial charge in [-0.25, -0.2) is 9.78 Å². The Labute approximate surface area is 113 Å². The number of amides is 3. The van der Waals surface area contributed by atoms with Gasteiger partial charge in [0.15, 0.2) is 0 Å². The van der Waals surface area contributed by atoms with E-state index in [1.54, 1.807) is 11.1 Å². The van der Waals surface area contributed by atoms with Gasteiger partial charge in [0.05, 0.1) is 6.54 Å². The van der Waals surface area contributed by atoms with Gasteiger partial charge in [-0.3, -0.25) is 4.79 Å². The van der Waals surface area contributed by atoms with Crippen LogP contribution in [-0.4, -0.2) is 51.4 Å². The maximum atomic E-state index is 12.1. The first-order valence-corrected chi connectivity index (χ1v) is 6.20. The summed E-state index contributed by atoms with van der Waals surface area (Å²) in [4.78, 5) is 30.2. The third-order valence-corrected chi connectivity index (χ3v) is 2.85. The van der Waals surface area contributed by atoms with Crippen molar-refractivity contribution in [2.75, 3.05) is 20.1 Å². The molecule has 0 aliphatic rings. The second-order valence-electron chi connectivity index (χ2n) is 4.46. The fraction of sp³-hybridized carbons (Fsp3) is 0.583. The van der Waals surface area contributed by atoms with Crippen LogP contribution in [-0.2, 0) is 18.4 Å². The summed E-state index contributed by atoms with van der Waals surface area (Å²) in [6.45, 7) is 3.04. The van der Waals surface area contributed by atoms with Gasteiger partial charge in [-0.1, -0.05) is 6.92 Å². The largest absolute Gasteiger partial charge is 0.351 e. The fourth-order valence-corrected chi connectivity index (χ4v) is 1.66. The van der Waals surface area contributed by atoms with Crippen LogP contribution in [0, 0.1) is 0 Å². The van der Waals surface area contributed by atoms with Gasteiger partial charge in [0, 0.05) is 33.0 Å². The predicted octanol–water partition coefficient (Wildman–Crippen LogP) is 0.169. The van der Waals surface area contributed by atoms with Crippen molar-refractivity contribution < 1.29 is 9.59 Å². The molecule has 0 fully saturated rings. The number of nitrogens with zero attached hydrogens (tertiary/aromatic N) is 4. The predicted molar refractivity (Wildman–Crippen MR) is 71.1 cm³/mol. The highest BCUT2D eigenvalue weighted by Gasteiger charge is 2.18. The molecule has 7 heteroatoms. The summed E-state index contributed by atoms with van der Waals surface area (Å²) in [5.41, 5.74) is 5.12. The lowest BCUT2D eigenvalue weighted by Crippen LogP contribution is -2.43. The normalized spacial score (nSPS) is 10.3. The van der Waals surface area contributed by atoms with E-state index in [1.165, 1.54) is 11.9 Å². The molecule has 1 aromatic rings. The Kier molecular flexibility index (Phi) is 5.35. The number of urea groups is 1. The number of aryl methyl sites for hydroxylation is 1. The zero-order valence-electron chi connectivity index (χ0n) is 11.7. The molecule has 1 heterocycles.